The Morgan fingerprint density at radius 1 is 0.900 bits per heavy atom. The zero-order valence-corrected chi connectivity index (χ0v) is 15.3. The largest absolute Gasteiger partial charge is 0.297 e. The van der Waals surface area contributed by atoms with Gasteiger partial charge in [0.2, 0.25) is 0 Å². The Balaban J connectivity index is 1.85. The number of carbonyl (C=O) groups excluding carboxylic acids is 1. The second kappa shape index (κ2) is 6.01. The summed E-state index contributed by atoms with van der Waals surface area (Å²) in [7, 11) is 0. The van der Waals surface area contributed by atoms with Crippen LogP contribution in [0.15, 0.2) is 34.6 Å². The lowest BCUT2D eigenvalue weighted by Crippen LogP contribution is -1.74. The number of thiophene rings is 1. The van der Waals surface area contributed by atoms with E-state index >= 15 is 0 Å². The van der Waals surface area contributed by atoms with Crippen molar-refractivity contribution in [1.82, 2.24) is 0 Å². The first kappa shape index (κ1) is 14.9. The highest BCUT2D eigenvalue weighted by molar-refractivity contribution is 8.35. The maximum Gasteiger partial charge on any atom is 0.160 e. The molecule has 104 valence electrons. The van der Waals surface area contributed by atoms with E-state index in [1.54, 1.807) is 0 Å². The van der Waals surface area contributed by atoms with E-state index in [0.717, 1.165) is 11.2 Å². The molecule has 0 radical (unpaired) electrons. The van der Waals surface area contributed by atoms with Crippen molar-refractivity contribution >= 4 is 69.6 Å². The number of hydrogen-bond acceptors (Lipinski definition) is 6. The first-order chi connectivity index (χ1) is 9.58. The number of allylic oxidation sites excluding steroid dienone is 3. The molecule has 3 rings (SSSR count). The van der Waals surface area contributed by atoms with Crippen LogP contribution in [-0.4, -0.2) is 6.29 Å². The molecule has 0 N–H and O–H groups in total. The van der Waals surface area contributed by atoms with Crippen LogP contribution in [0.1, 0.15) is 36.0 Å². The summed E-state index contributed by atoms with van der Waals surface area (Å²) in [6, 6.07) is 1.99. The predicted molar refractivity (Wildman–Crippen MR) is 98.1 cm³/mol. The van der Waals surface area contributed by atoms with Gasteiger partial charge < -0.3 is 0 Å². The minimum atomic E-state index is 0.796. The van der Waals surface area contributed by atoms with E-state index in [2.05, 4.69) is 26.2 Å². The van der Waals surface area contributed by atoms with Crippen LogP contribution in [-0.2, 0) is 0 Å². The number of thioether (sulfide) groups is 4. The molecule has 0 aromatic carbocycles. The molecular formula is C14H12OS5. The standard InChI is InChI=1S/C14H12OS5/c1-7-8(2)18-13(17-7)14-19-9(3)12(20-14)10-4-11(5-15)16-6-10/h4-6H,1-3H3. The van der Waals surface area contributed by atoms with Gasteiger partial charge in [0.25, 0.3) is 0 Å². The molecule has 1 aromatic rings. The van der Waals surface area contributed by atoms with Crippen LogP contribution in [0.4, 0.5) is 0 Å². The summed E-state index contributed by atoms with van der Waals surface area (Å²) in [6.07, 6.45) is 0.926. The van der Waals surface area contributed by atoms with Gasteiger partial charge in [-0.15, -0.1) is 11.3 Å². The van der Waals surface area contributed by atoms with E-state index in [9.17, 15) is 4.79 Å². The topological polar surface area (TPSA) is 17.1 Å². The maximum absolute atomic E-state index is 10.8. The van der Waals surface area contributed by atoms with Crippen LogP contribution >= 0.6 is 58.4 Å². The van der Waals surface area contributed by atoms with Crippen LogP contribution in [0.5, 0.6) is 0 Å². The molecule has 0 aliphatic carbocycles. The van der Waals surface area contributed by atoms with E-state index in [4.69, 9.17) is 0 Å². The SMILES string of the molecule is CC1=C(C)SC(=C2SC(C)=C(c3csc(C=O)c3)S2)S1. The van der Waals surface area contributed by atoms with Gasteiger partial charge in [-0.3, -0.25) is 4.79 Å². The molecule has 0 bridgehead atoms. The number of carbonyl (C=O) groups is 1. The van der Waals surface area contributed by atoms with Crippen molar-refractivity contribution in [2.75, 3.05) is 0 Å². The summed E-state index contributed by atoms with van der Waals surface area (Å²) in [4.78, 5) is 17.1. The number of rotatable bonds is 2. The highest BCUT2D eigenvalue weighted by atomic mass is 32.2. The Hall–Kier alpha value is -0.0100. The minimum absolute atomic E-state index is 0.796. The van der Waals surface area contributed by atoms with Crippen molar-refractivity contribution in [3.05, 3.63) is 45.1 Å². The van der Waals surface area contributed by atoms with Crippen molar-refractivity contribution in [3.8, 4) is 0 Å². The van der Waals surface area contributed by atoms with Gasteiger partial charge in [-0.05, 0) is 42.0 Å². The maximum atomic E-state index is 10.8. The number of aldehydes is 1. The first-order valence-corrected chi connectivity index (χ1v) is 10.1. The molecule has 2 aliphatic rings. The summed E-state index contributed by atoms with van der Waals surface area (Å²) in [5.41, 5.74) is 1.18. The normalized spacial score (nSPS) is 19.6. The van der Waals surface area contributed by atoms with Crippen LogP contribution in [0, 0.1) is 0 Å². The Morgan fingerprint density at radius 2 is 1.50 bits per heavy atom. The summed E-state index contributed by atoms with van der Waals surface area (Å²) in [6.45, 7) is 6.53. The van der Waals surface area contributed by atoms with Crippen LogP contribution in [0.25, 0.3) is 4.91 Å². The summed E-state index contributed by atoms with van der Waals surface area (Å²) < 4.78 is 2.78. The average molecular weight is 357 g/mol. The highest BCUT2D eigenvalue weighted by Gasteiger charge is 2.26. The second-order valence-electron chi connectivity index (χ2n) is 4.34. The highest BCUT2D eigenvalue weighted by Crippen LogP contribution is 2.61. The quantitative estimate of drug-likeness (QED) is 0.554. The summed E-state index contributed by atoms with van der Waals surface area (Å²) in [5.74, 6) is 0. The van der Waals surface area contributed by atoms with Crippen molar-refractivity contribution in [1.29, 1.82) is 0 Å². The van der Waals surface area contributed by atoms with Crippen molar-refractivity contribution in [2.45, 2.75) is 20.8 Å². The molecule has 1 aromatic heterocycles. The molecule has 0 spiro atoms. The zero-order chi connectivity index (χ0) is 14.3. The molecular weight excluding hydrogens is 344 g/mol. The Labute approximate surface area is 139 Å². The van der Waals surface area contributed by atoms with E-state index in [1.807, 2.05) is 53.1 Å². The van der Waals surface area contributed by atoms with E-state index < -0.39 is 0 Å². The lowest BCUT2D eigenvalue weighted by molar-refractivity contribution is 0.112. The van der Waals surface area contributed by atoms with Crippen LogP contribution in [0.2, 0.25) is 0 Å². The van der Waals surface area contributed by atoms with Crippen molar-refractivity contribution in [3.63, 3.8) is 0 Å². The molecule has 0 amide bonds. The third-order valence-electron chi connectivity index (χ3n) is 2.91. The van der Waals surface area contributed by atoms with E-state index in [-0.39, 0.29) is 0 Å². The smallest absolute Gasteiger partial charge is 0.160 e. The molecule has 20 heavy (non-hydrogen) atoms. The average Bonchev–Trinajstić information content (AvgIpc) is 3.10. The first-order valence-electron chi connectivity index (χ1n) is 5.96. The fourth-order valence-corrected chi connectivity index (χ4v) is 7.99. The van der Waals surface area contributed by atoms with Gasteiger partial charge in [0.15, 0.2) is 6.29 Å². The van der Waals surface area contributed by atoms with Gasteiger partial charge >= 0.3 is 0 Å². The number of hydrogen-bond donors (Lipinski definition) is 0. The second-order valence-corrected chi connectivity index (χ2v) is 10.5. The molecule has 6 heteroatoms. The van der Waals surface area contributed by atoms with Crippen LogP contribution in [0.3, 0.4) is 0 Å². The molecule has 0 unspecified atom stereocenters. The molecule has 2 aliphatic heterocycles. The van der Waals surface area contributed by atoms with Crippen molar-refractivity contribution in [2.24, 2.45) is 0 Å². The molecule has 1 nitrogen and oxygen atoms in total. The van der Waals surface area contributed by atoms with Gasteiger partial charge in [0, 0.05) is 15.4 Å². The lowest BCUT2D eigenvalue weighted by atomic mass is 10.3. The summed E-state index contributed by atoms with van der Waals surface area (Å²) in [5, 5.41) is 2.08. The fourth-order valence-electron chi connectivity index (χ4n) is 1.78. The molecule has 0 saturated heterocycles. The fraction of sp³-hybridized carbons (Fsp3) is 0.214. The Morgan fingerprint density at radius 3 is 2.10 bits per heavy atom. The van der Waals surface area contributed by atoms with Crippen LogP contribution < -0.4 is 0 Å². The molecule has 0 atom stereocenters. The van der Waals surface area contributed by atoms with Gasteiger partial charge in [-0.1, -0.05) is 47.0 Å². The molecule has 0 fully saturated rings. The summed E-state index contributed by atoms with van der Waals surface area (Å²) >= 11 is 8.97. The molecule has 0 saturated carbocycles. The lowest BCUT2D eigenvalue weighted by Gasteiger charge is -2.01. The van der Waals surface area contributed by atoms with Gasteiger partial charge in [0.05, 0.1) is 13.4 Å². The Kier molecular flexibility index (Phi) is 4.48. The Bertz CT molecular complexity index is 661. The third-order valence-corrected chi connectivity index (χ3v) is 9.58. The molecule has 3 heterocycles. The van der Waals surface area contributed by atoms with E-state index in [0.29, 0.717) is 0 Å². The van der Waals surface area contributed by atoms with Gasteiger partial charge in [0.1, 0.15) is 0 Å². The van der Waals surface area contributed by atoms with Crippen molar-refractivity contribution < 1.29 is 4.79 Å². The zero-order valence-electron chi connectivity index (χ0n) is 11.2. The third kappa shape index (κ3) is 2.81. The van der Waals surface area contributed by atoms with E-state index in [1.165, 1.54) is 45.0 Å². The minimum Gasteiger partial charge on any atom is -0.297 e. The van der Waals surface area contributed by atoms with Gasteiger partial charge in [-0.2, -0.15) is 0 Å². The monoisotopic (exact) mass is 356 g/mol. The predicted octanol–water partition coefficient (Wildman–Crippen LogP) is 6.59. The van der Waals surface area contributed by atoms with Gasteiger partial charge in [-0.25, -0.2) is 0 Å².